The molecule has 2 aromatic rings. The SMILES string of the molecule is COC1CCC2(CC1)Cc1ccc(CCc3ccccc3)cc1C21NC(=O)NC1=O. The lowest BCUT2D eigenvalue weighted by Crippen LogP contribution is -2.56. The summed E-state index contributed by atoms with van der Waals surface area (Å²) in [4.78, 5) is 25.6. The maximum absolute atomic E-state index is 13.3. The summed E-state index contributed by atoms with van der Waals surface area (Å²) in [6, 6.07) is 16.6. The molecule has 3 amide bonds. The number of nitrogens with one attached hydrogen (secondary N) is 2. The van der Waals surface area contributed by atoms with Gasteiger partial charge in [-0.15, -0.1) is 0 Å². The first-order valence-electron chi connectivity index (χ1n) is 10.9. The van der Waals surface area contributed by atoms with Crippen LogP contribution in [0.3, 0.4) is 0 Å². The second-order valence-corrected chi connectivity index (χ2v) is 9.03. The molecule has 5 rings (SSSR count). The third-order valence-corrected chi connectivity index (χ3v) is 7.54. The van der Waals surface area contributed by atoms with Crippen molar-refractivity contribution in [2.45, 2.75) is 56.6 Å². The lowest BCUT2D eigenvalue weighted by molar-refractivity contribution is -0.131. The Morgan fingerprint density at radius 3 is 2.40 bits per heavy atom. The summed E-state index contributed by atoms with van der Waals surface area (Å²) < 4.78 is 5.58. The molecule has 0 aromatic heterocycles. The minimum atomic E-state index is -0.957. The zero-order valence-corrected chi connectivity index (χ0v) is 17.4. The molecule has 2 N–H and O–H groups in total. The third kappa shape index (κ3) is 2.87. The van der Waals surface area contributed by atoms with Crippen LogP contribution in [0.4, 0.5) is 4.79 Å². The van der Waals surface area contributed by atoms with E-state index in [2.05, 4.69) is 53.1 Å². The molecule has 0 bridgehead atoms. The average Bonchev–Trinajstić information content (AvgIpc) is 3.22. The van der Waals surface area contributed by atoms with E-state index in [4.69, 9.17) is 4.74 Å². The maximum atomic E-state index is 13.3. The lowest BCUT2D eigenvalue weighted by atomic mass is 9.61. The number of imide groups is 1. The van der Waals surface area contributed by atoms with Crippen molar-refractivity contribution in [3.63, 3.8) is 0 Å². The van der Waals surface area contributed by atoms with Gasteiger partial charge in [0, 0.05) is 12.5 Å². The number of benzene rings is 2. The number of rotatable bonds is 4. The molecule has 30 heavy (non-hydrogen) atoms. The number of hydrogen-bond acceptors (Lipinski definition) is 3. The predicted molar refractivity (Wildman–Crippen MR) is 114 cm³/mol. The first kappa shape index (κ1) is 19.3. The molecule has 2 aliphatic carbocycles. The number of carbonyl (C=O) groups excluding carboxylic acids is 2. The minimum Gasteiger partial charge on any atom is -0.381 e. The molecule has 5 heteroatoms. The van der Waals surface area contributed by atoms with Crippen LogP contribution in [0.5, 0.6) is 0 Å². The van der Waals surface area contributed by atoms with Gasteiger partial charge in [0.25, 0.3) is 5.91 Å². The van der Waals surface area contributed by atoms with Crippen LogP contribution in [0.1, 0.15) is 47.9 Å². The van der Waals surface area contributed by atoms with Crippen molar-refractivity contribution in [3.8, 4) is 0 Å². The number of fused-ring (bicyclic) bond motifs is 3. The highest BCUT2D eigenvalue weighted by Crippen LogP contribution is 2.59. The van der Waals surface area contributed by atoms with Crippen molar-refractivity contribution in [1.29, 1.82) is 0 Å². The fourth-order valence-electron chi connectivity index (χ4n) is 5.95. The zero-order chi connectivity index (χ0) is 20.8. The van der Waals surface area contributed by atoms with E-state index in [9.17, 15) is 9.59 Å². The van der Waals surface area contributed by atoms with Crippen molar-refractivity contribution in [2.75, 3.05) is 7.11 Å². The second kappa shape index (κ2) is 7.24. The van der Waals surface area contributed by atoms with Gasteiger partial charge in [0.2, 0.25) is 0 Å². The van der Waals surface area contributed by atoms with Gasteiger partial charge in [0.05, 0.1) is 6.10 Å². The Bertz CT molecular complexity index is 979. The van der Waals surface area contributed by atoms with Gasteiger partial charge in [-0.3, -0.25) is 10.1 Å². The van der Waals surface area contributed by atoms with E-state index in [1.165, 1.54) is 16.7 Å². The third-order valence-electron chi connectivity index (χ3n) is 7.54. The Labute approximate surface area is 177 Å². The van der Waals surface area contributed by atoms with Crippen LogP contribution < -0.4 is 10.6 Å². The summed E-state index contributed by atoms with van der Waals surface area (Å²) in [5.74, 6) is -0.192. The van der Waals surface area contributed by atoms with Gasteiger partial charge in [-0.05, 0) is 67.2 Å². The number of ether oxygens (including phenoxy) is 1. The van der Waals surface area contributed by atoms with E-state index in [1.807, 2.05) is 6.07 Å². The first-order valence-corrected chi connectivity index (χ1v) is 10.9. The Morgan fingerprint density at radius 2 is 1.73 bits per heavy atom. The molecule has 1 atom stereocenters. The quantitative estimate of drug-likeness (QED) is 0.765. The molecule has 1 saturated carbocycles. The molecular weight excluding hydrogens is 376 g/mol. The van der Waals surface area contributed by atoms with E-state index in [-0.39, 0.29) is 23.5 Å². The van der Waals surface area contributed by atoms with Crippen molar-refractivity contribution < 1.29 is 14.3 Å². The van der Waals surface area contributed by atoms with Crippen LogP contribution in [0.25, 0.3) is 0 Å². The van der Waals surface area contributed by atoms with Gasteiger partial charge in [-0.1, -0.05) is 48.5 Å². The molecule has 2 aromatic carbocycles. The van der Waals surface area contributed by atoms with Crippen LogP contribution in [-0.2, 0) is 34.3 Å². The van der Waals surface area contributed by atoms with Crippen LogP contribution >= 0.6 is 0 Å². The van der Waals surface area contributed by atoms with Gasteiger partial charge in [0.1, 0.15) is 0 Å². The fourth-order valence-corrected chi connectivity index (χ4v) is 5.95. The maximum Gasteiger partial charge on any atom is 0.322 e. The van der Waals surface area contributed by atoms with E-state index in [1.54, 1.807) is 7.11 Å². The fraction of sp³-hybridized carbons (Fsp3) is 0.440. The number of hydrogen-bond donors (Lipinski definition) is 2. The summed E-state index contributed by atoms with van der Waals surface area (Å²) in [6.45, 7) is 0. The predicted octanol–water partition coefficient (Wildman–Crippen LogP) is 3.64. The molecule has 2 fully saturated rings. The van der Waals surface area contributed by atoms with Gasteiger partial charge < -0.3 is 10.1 Å². The van der Waals surface area contributed by atoms with E-state index in [0.29, 0.717) is 0 Å². The highest BCUT2D eigenvalue weighted by molar-refractivity contribution is 6.08. The van der Waals surface area contributed by atoms with E-state index < -0.39 is 5.54 Å². The molecular formula is C25H28N2O3. The summed E-state index contributed by atoms with van der Waals surface area (Å²) in [5, 5.41) is 5.63. The van der Waals surface area contributed by atoms with Crippen molar-refractivity contribution in [2.24, 2.45) is 5.41 Å². The number of methoxy groups -OCH3 is 1. The normalized spacial score (nSPS) is 29.8. The number of urea groups is 1. The molecule has 1 aliphatic heterocycles. The number of carbonyl (C=O) groups is 2. The Kier molecular flexibility index (Phi) is 4.66. The summed E-state index contributed by atoms with van der Waals surface area (Å²) >= 11 is 0. The van der Waals surface area contributed by atoms with E-state index in [0.717, 1.165) is 50.5 Å². The Hall–Kier alpha value is -2.66. The summed E-state index contributed by atoms with van der Waals surface area (Å²) in [7, 11) is 1.75. The van der Waals surface area contributed by atoms with Crippen molar-refractivity contribution in [3.05, 3.63) is 70.8 Å². The van der Waals surface area contributed by atoms with Gasteiger partial charge in [0.15, 0.2) is 5.54 Å². The second-order valence-electron chi connectivity index (χ2n) is 9.03. The van der Waals surface area contributed by atoms with Crippen LogP contribution in [-0.4, -0.2) is 25.2 Å². The zero-order valence-electron chi connectivity index (χ0n) is 17.4. The van der Waals surface area contributed by atoms with Gasteiger partial charge in [-0.2, -0.15) is 0 Å². The van der Waals surface area contributed by atoms with Crippen LogP contribution in [0.2, 0.25) is 0 Å². The van der Waals surface area contributed by atoms with Crippen LogP contribution in [0, 0.1) is 5.41 Å². The van der Waals surface area contributed by atoms with Gasteiger partial charge >= 0.3 is 6.03 Å². The lowest BCUT2D eigenvalue weighted by Gasteiger charge is -2.46. The first-order chi connectivity index (χ1) is 14.6. The molecule has 3 aliphatic rings. The molecule has 1 heterocycles. The van der Waals surface area contributed by atoms with E-state index >= 15 is 0 Å². The molecule has 2 spiro atoms. The topological polar surface area (TPSA) is 67.4 Å². The smallest absolute Gasteiger partial charge is 0.322 e. The molecule has 0 radical (unpaired) electrons. The van der Waals surface area contributed by atoms with Crippen LogP contribution in [0.15, 0.2) is 48.5 Å². The highest BCUT2D eigenvalue weighted by Gasteiger charge is 2.66. The Balaban J connectivity index is 1.50. The van der Waals surface area contributed by atoms with Crippen molar-refractivity contribution >= 4 is 11.9 Å². The molecule has 1 unspecified atom stereocenters. The minimum absolute atomic E-state index is 0.192. The standard InChI is InChI=1S/C25H28N2O3/c1-30-20-11-13-24(14-12-20)16-19-10-9-18(8-7-17-5-3-2-4-6-17)15-21(19)25(24)22(28)26-23(29)27-25/h2-6,9-10,15,20H,7-8,11-14,16H2,1H3,(H2,26,27,28,29). The Morgan fingerprint density at radius 1 is 1.00 bits per heavy atom. The largest absolute Gasteiger partial charge is 0.381 e. The molecule has 5 nitrogen and oxygen atoms in total. The van der Waals surface area contributed by atoms with Gasteiger partial charge in [-0.25, -0.2) is 4.79 Å². The number of aryl methyl sites for hydroxylation is 2. The summed E-state index contributed by atoms with van der Waals surface area (Å²) in [6.07, 6.45) is 6.48. The summed E-state index contributed by atoms with van der Waals surface area (Å²) in [5.41, 5.74) is 3.45. The molecule has 156 valence electrons. The average molecular weight is 405 g/mol. The van der Waals surface area contributed by atoms with Crippen molar-refractivity contribution in [1.82, 2.24) is 10.6 Å². The molecule has 1 saturated heterocycles. The number of amides is 3. The highest BCUT2D eigenvalue weighted by atomic mass is 16.5. The monoisotopic (exact) mass is 404 g/mol.